The van der Waals surface area contributed by atoms with E-state index >= 15 is 0 Å². The van der Waals surface area contributed by atoms with Crippen LogP contribution in [-0.2, 0) is 0 Å². The Hall–Kier alpha value is -1.58. The average molecular weight is 261 g/mol. The molecule has 1 saturated carbocycles. The van der Waals surface area contributed by atoms with Gasteiger partial charge in [0.25, 0.3) is 5.91 Å². The Kier molecular flexibility index (Phi) is 4.77. The van der Waals surface area contributed by atoms with Gasteiger partial charge in [-0.15, -0.1) is 0 Å². The van der Waals surface area contributed by atoms with E-state index in [-0.39, 0.29) is 11.9 Å². The van der Waals surface area contributed by atoms with Gasteiger partial charge >= 0.3 is 0 Å². The van der Waals surface area contributed by atoms with Crippen molar-refractivity contribution in [2.24, 2.45) is 5.92 Å². The molecular formula is C15H23N3O. The number of carbonyl (C=O) groups is 1. The molecule has 0 bridgehead atoms. The van der Waals surface area contributed by atoms with Crippen molar-refractivity contribution in [2.75, 3.05) is 12.4 Å². The molecule has 19 heavy (non-hydrogen) atoms. The molecule has 4 nitrogen and oxygen atoms in total. The van der Waals surface area contributed by atoms with E-state index < -0.39 is 0 Å². The molecule has 4 heteroatoms. The second-order valence-electron chi connectivity index (χ2n) is 5.34. The predicted molar refractivity (Wildman–Crippen MR) is 77.3 cm³/mol. The summed E-state index contributed by atoms with van der Waals surface area (Å²) < 4.78 is 0. The van der Waals surface area contributed by atoms with Crippen molar-refractivity contribution in [3.63, 3.8) is 0 Å². The van der Waals surface area contributed by atoms with Gasteiger partial charge in [0.15, 0.2) is 0 Å². The van der Waals surface area contributed by atoms with E-state index in [0.717, 1.165) is 5.69 Å². The van der Waals surface area contributed by atoms with Gasteiger partial charge in [-0.25, -0.2) is 4.98 Å². The zero-order valence-corrected chi connectivity index (χ0v) is 11.8. The Morgan fingerprint density at radius 1 is 1.32 bits per heavy atom. The third-order valence-electron chi connectivity index (χ3n) is 4.00. The van der Waals surface area contributed by atoms with Gasteiger partial charge < -0.3 is 10.6 Å². The normalized spacial score (nSPS) is 17.8. The molecule has 1 aliphatic carbocycles. The Labute approximate surface area is 115 Å². The molecule has 1 amide bonds. The third-order valence-corrected chi connectivity index (χ3v) is 4.00. The summed E-state index contributed by atoms with van der Waals surface area (Å²) in [5.41, 5.74) is 1.40. The molecule has 2 N–H and O–H groups in total. The van der Waals surface area contributed by atoms with Crippen molar-refractivity contribution in [1.29, 1.82) is 0 Å². The molecule has 104 valence electrons. The number of carbonyl (C=O) groups excluding carboxylic acids is 1. The maximum atomic E-state index is 12.1. The Morgan fingerprint density at radius 2 is 2.05 bits per heavy atom. The van der Waals surface area contributed by atoms with E-state index in [1.807, 2.05) is 13.1 Å². The van der Waals surface area contributed by atoms with Gasteiger partial charge in [-0.2, -0.15) is 0 Å². The molecule has 0 spiro atoms. The molecule has 0 radical (unpaired) electrons. The fraction of sp³-hybridized carbons (Fsp3) is 0.600. The van der Waals surface area contributed by atoms with E-state index in [4.69, 9.17) is 0 Å². The highest BCUT2D eigenvalue weighted by Gasteiger charge is 2.22. The van der Waals surface area contributed by atoms with Crippen LogP contribution in [0.2, 0.25) is 0 Å². The van der Waals surface area contributed by atoms with Crippen LogP contribution in [0.4, 0.5) is 5.69 Å². The minimum absolute atomic E-state index is 0.0688. The van der Waals surface area contributed by atoms with Crippen molar-refractivity contribution in [3.8, 4) is 0 Å². The Balaban J connectivity index is 1.91. The topological polar surface area (TPSA) is 54.0 Å². The first kappa shape index (κ1) is 13.8. The second kappa shape index (κ2) is 6.55. The lowest BCUT2D eigenvalue weighted by Crippen LogP contribution is -2.39. The first-order valence-corrected chi connectivity index (χ1v) is 7.15. The van der Waals surface area contributed by atoms with Crippen molar-refractivity contribution < 1.29 is 4.79 Å². The average Bonchev–Trinajstić information content (AvgIpc) is 2.48. The monoisotopic (exact) mass is 261 g/mol. The number of anilines is 1. The van der Waals surface area contributed by atoms with Crippen LogP contribution in [0.15, 0.2) is 18.3 Å². The van der Waals surface area contributed by atoms with Crippen LogP contribution in [0.1, 0.15) is 49.5 Å². The molecule has 1 aliphatic rings. The molecule has 0 saturated heterocycles. The molecule has 0 aliphatic heterocycles. The lowest BCUT2D eigenvalue weighted by molar-refractivity contribution is 0.0914. The third kappa shape index (κ3) is 3.69. The predicted octanol–water partition coefficient (Wildman–Crippen LogP) is 2.82. The highest BCUT2D eigenvalue weighted by Crippen LogP contribution is 2.26. The molecule has 0 aromatic carbocycles. The Bertz CT molecular complexity index is 410. The fourth-order valence-electron chi connectivity index (χ4n) is 2.71. The number of rotatable bonds is 4. The summed E-state index contributed by atoms with van der Waals surface area (Å²) in [6, 6.07) is 3.86. The van der Waals surface area contributed by atoms with Gasteiger partial charge in [-0.1, -0.05) is 19.3 Å². The number of nitrogens with one attached hydrogen (secondary N) is 2. The van der Waals surface area contributed by atoms with Gasteiger partial charge in [0.1, 0.15) is 5.69 Å². The van der Waals surface area contributed by atoms with Gasteiger partial charge in [-0.3, -0.25) is 4.79 Å². The van der Waals surface area contributed by atoms with Crippen LogP contribution in [0.25, 0.3) is 0 Å². The summed E-state index contributed by atoms with van der Waals surface area (Å²) >= 11 is 0. The summed E-state index contributed by atoms with van der Waals surface area (Å²) in [6.07, 6.45) is 8.06. The molecule has 1 atom stereocenters. The SMILES string of the molecule is CNc1ccc(C(=O)NC(C)C2CCCCC2)nc1. The van der Waals surface area contributed by atoms with Crippen LogP contribution >= 0.6 is 0 Å². The second-order valence-corrected chi connectivity index (χ2v) is 5.34. The molecule has 2 rings (SSSR count). The number of amides is 1. The van der Waals surface area contributed by atoms with E-state index in [1.165, 1.54) is 32.1 Å². The van der Waals surface area contributed by atoms with E-state index in [2.05, 4.69) is 22.5 Å². The quantitative estimate of drug-likeness (QED) is 0.876. The van der Waals surface area contributed by atoms with Crippen molar-refractivity contribution in [2.45, 2.75) is 45.1 Å². The smallest absolute Gasteiger partial charge is 0.270 e. The summed E-state index contributed by atoms with van der Waals surface area (Å²) in [4.78, 5) is 16.3. The molecule has 1 fully saturated rings. The lowest BCUT2D eigenvalue weighted by Gasteiger charge is -2.28. The van der Waals surface area contributed by atoms with Crippen LogP contribution in [0.5, 0.6) is 0 Å². The van der Waals surface area contributed by atoms with Gasteiger partial charge in [0.2, 0.25) is 0 Å². The highest BCUT2D eigenvalue weighted by atomic mass is 16.1. The minimum Gasteiger partial charge on any atom is -0.387 e. The molecule has 1 aromatic rings. The van der Waals surface area contributed by atoms with Gasteiger partial charge in [0.05, 0.1) is 11.9 Å². The molecule has 1 unspecified atom stereocenters. The molecule has 1 aromatic heterocycles. The van der Waals surface area contributed by atoms with E-state index in [9.17, 15) is 4.79 Å². The minimum atomic E-state index is -0.0688. The maximum Gasteiger partial charge on any atom is 0.270 e. The largest absolute Gasteiger partial charge is 0.387 e. The Morgan fingerprint density at radius 3 is 2.63 bits per heavy atom. The van der Waals surface area contributed by atoms with Crippen LogP contribution in [0.3, 0.4) is 0 Å². The van der Waals surface area contributed by atoms with Gasteiger partial charge in [-0.05, 0) is 37.8 Å². The summed E-state index contributed by atoms with van der Waals surface area (Å²) in [5, 5.41) is 6.07. The summed E-state index contributed by atoms with van der Waals surface area (Å²) in [5.74, 6) is 0.551. The number of hydrogen-bond donors (Lipinski definition) is 2. The summed E-state index contributed by atoms with van der Waals surface area (Å²) in [7, 11) is 1.84. The molecule has 1 heterocycles. The summed E-state index contributed by atoms with van der Waals surface area (Å²) in [6.45, 7) is 2.11. The number of aromatic nitrogens is 1. The number of nitrogens with zero attached hydrogens (tertiary/aromatic N) is 1. The first-order valence-electron chi connectivity index (χ1n) is 7.15. The zero-order chi connectivity index (χ0) is 13.7. The van der Waals surface area contributed by atoms with Crippen molar-refractivity contribution >= 4 is 11.6 Å². The number of pyridine rings is 1. The highest BCUT2D eigenvalue weighted by molar-refractivity contribution is 5.92. The zero-order valence-electron chi connectivity index (χ0n) is 11.8. The van der Waals surface area contributed by atoms with Crippen molar-refractivity contribution in [1.82, 2.24) is 10.3 Å². The lowest BCUT2D eigenvalue weighted by atomic mass is 9.84. The van der Waals surface area contributed by atoms with Crippen LogP contribution < -0.4 is 10.6 Å². The standard InChI is InChI=1S/C15H23N3O/c1-11(12-6-4-3-5-7-12)18-15(19)14-9-8-13(16-2)10-17-14/h8-12,16H,3-7H2,1-2H3,(H,18,19). The van der Waals surface area contributed by atoms with Gasteiger partial charge in [0, 0.05) is 13.1 Å². The van der Waals surface area contributed by atoms with E-state index in [1.54, 1.807) is 12.3 Å². The van der Waals surface area contributed by atoms with Crippen LogP contribution in [-0.4, -0.2) is 24.0 Å². The van der Waals surface area contributed by atoms with Crippen molar-refractivity contribution in [3.05, 3.63) is 24.0 Å². The van der Waals surface area contributed by atoms with E-state index in [0.29, 0.717) is 11.6 Å². The maximum absolute atomic E-state index is 12.1. The number of hydrogen-bond acceptors (Lipinski definition) is 3. The first-order chi connectivity index (χ1) is 9.20. The van der Waals surface area contributed by atoms with Crippen LogP contribution in [0, 0.1) is 5.92 Å². The molecular weight excluding hydrogens is 238 g/mol. The fourth-order valence-corrected chi connectivity index (χ4v) is 2.71.